The van der Waals surface area contributed by atoms with Crippen molar-refractivity contribution >= 4 is 75.9 Å². The van der Waals surface area contributed by atoms with E-state index in [9.17, 15) is 0 Å². The van der Waals surface area contributed by atoms with E-state index in [1.165, 1.54) is 36.4 Å². The predicted molar refractivity (Wildman–Crippen MR) is 602 cm³/mol. The van der Waals surface area contributed by atoms with E-state index in [-0.39, 0.29) is 35.2 Å². The van der Waals surface area contributed by atoms with Gasteiger partial charge in [0.05, 0.1) is 17.7 Å². The molecule has 2 unspecified atom stereocenters. The third kappa shape index (κ3) is 22.6. The highest BCUT2D eigenvalue weighted by Crippen LogP contribution is 2.70. The Hall–Kier alpha value is -16.3. The van der Waals surface area contributed by atoms with Crippen molar-refractivity contribution in [3.8, 4) is 89.0 Å². The molecular formula is C138H106ClF10O. The number of alkyl halides is 6. The van der Waals surface area contributed by atoms with Crippen molar-refractivity contribution in [3.63, 3.8) is 0 Å². The van der Waals surface area contributed by atoms with Crippen LogP contribution < -0.4 is 0 Å². The zero-order valence-corrected chi connectivity index (χ0v) is 84.0. The number of unbranched alkanes of at least 4 members (excludes halogenated alkanes) is 4. The van der Waals surface area contributed by atoms with Crippen LogP contribution in [0.15, 0.2) is 431 Å². The van der Waals surface area contributed by atoms with Crippen molar-refractivity contribution in [2.45, 2.75) is 89.6 Å². The number of rotatable bonds is 32. The lowest BCUT2D eigenvalue weighted by Crippen LogP contribution is -2.44. The summed E-state index contributed by atoms with van der Waals surface area (Å²) in [5.74, 6) is -3.96. The van der Waals surface area contributed by atoms with Gasteiger partial charge in [-0.05, 0) is 293 Å². The summed E-state index contributed by atoms with van der Waals surface area (Å²) < 4.78 is 166. The molecule has 0 heterocycles. The second kappa shape index (κ2) is 45.6. The third-order valence-electron chi connectivity index (χ3n) is 28.4. The van der Waals surface area contributed by atoms with Gasteiger partial charge in [0, 0.05) is 34.6 Å². The lowest BCUT2D eigenvalue weighted by atomic mass is 9.48. The Balaban J connectivity index is 1.05. The van der Waals surface area contributed by atoms with Gasteiger partial charge in [0.25, 0.3) is 0 Å². The first-order valence-electron chi connectivity index (χ1n) is 50.5. The molecule has 0 aliphatic heterocycles. The molecule has 19 rings (SSSR count). The van der Waals surface area contributed by atoms with Crippen LogP contribution >= 0.6 is 11.6 Å². The van der Waals surface area contributed by atoms with Gasteiger partial charge in [0.15, 0.2) is 0 Å². The SMILES string of the molecule is C=C(c1ccc(C2=C(c3ccc(-c4cccc(F)c4)cc3F)C(c3ccc(-c4ccccc4COC)cc3)(C(C)C)C(c3c(-c4ccc(/C=C/CCCCCC)cc4)c(-c4ccc(/C=C/c5cccc(F)c5)cc4)[c]c(-c4ccc(-c5ccccc5F)cc4)c3-c3ccc(-c4ccc(Cl)cc4)cc3)C(c3ccc(/C=C/Cc4ccccc4)cc3)=C2c2ccc(/C=C/c3ccccc3)cc2)cc1)c1cc(C(F)(F)F)cc(C(F)(F)F)c1. The van der Waals surface area contributed by atoms with Crippen LogP contribution in [0, 0.1) is 35.3 Å². The standard InChI is InChI=1S/C138H106ClF10O/c1-6-7-8-9-10-13-29-94-46-54-106(55-47-94)128-124(104-52-44-97(45-53-104)42-43-98-32-23-35-119(140)82-98)88-125(105-66-64-103(65-67-105)122-38-20-21-39-126(122)142)129(107-70-62-100(63-71-107)101-74-79-118(139)80-75-101)133(128)135-132(109-58-48-95(49-59-109)31-22-30-92-25-14-11-15-26-92)130(108-56-50-96(51-57-108)41-40-93-27-16-12-17-28-93)131(110-68-60-99(61-69-110)91(4)114-83-116(137(144,145)146)87-117(84-114)138(147,148)149)134(123-81-76-112(86-127(123)143)111-34-24-36-120(141)85-111)136(135,90(2)3)115-77-72-102(73-78-115)121-37-19-18-33-113(121)89-150-5/h11-29,31-87,90,135H,4,6-10,30,89H2,1-3,5H3/b29-13+,31-22+,41-40+,43-42+. The number of methoxy groups -OCH3 is 1. The van der Waals surface area contributed by atoms with Crippen molar-refractivity contribution in [2.75, 3.05) is 7.11 Å². The molecule has 0 spiro atoms. The smallest absolute Gasteiger partial charge is 0.380 e. The minimum absolute atomic E-state index is 0.100. The van der Waals surface area contributed by atoms with E-state index in [4.69, 9.17) is 16.3 Å². The van der Waals surface area contributed by atoms with Crippen molar-refractivity contribution in [3.05, 3.63) is 566 Å². The van der Waals surface area contributed by atoms with Crippen LogP contribution in [0.25, 0.3) is 153 Å². The van der Waals surface area contributed by atoms with E-state index in [0.29, 0.717) is 118 Å². The maximum atomic E-state index is 20.9. The number of hydrogen-bond acceptors (Lipinski definition) is 1. The van der Waals surface area contributed by atoms with E-state index in [2.05, 4.69) is 209 Å². The van der Waals surface area contributed by atoms with Crippen LogP contribution in [0.2, 0.25) is 5.02 Å². The molecule has 1 radical (unpaired) electrons. The second-order valence-corrected chi connectivity index (χ2v) is 38.8. The summed E-state index contributed by atoms with van der Waals surface area (Å²) in [6.07, 6.45) is 11.9. The highest BCUT2D eigenvalue weighted by Gasteiger charge is 2.56. The second-order valence-electron chi connectivity index (χ2n) is 38.4. The van der Waals surface area contributed by atoms with Crippen LogP contribution in [0.4, 0.5) is 43.9 Å². The average molecular weight is 2010 g/mol. The quantitative estimate of drug-likeness (QED) is 0.0232. The highest BCUT2D eigenvalue weighted by molar-refractivity contribution is 6.30. The Morgan fingerprint density at radius 1 is 0.373 bits per heavy atom. The van der Waals surface area contributed by atoms with Gasteiger partial charge >= 0.3 is 12.4 Å². The summed E-state index contributed by atoms with van der Waals surface area (Å²) in [4.78, 5) is 0. The monoisotopic (exact) mass is 2000 g/mol. The van der Waals surface area contributed by atoms with Crippen LogP contribution in [-0.2, 0) is 35.5 Å². The molecule has 18 aromatic rings. The van der Waals surface area contributed by atoms with Gasteiger partial charge in [-0.15, -0.1) is 0 Å². The van der Waals surface area contributed by atoms with Crippen LogP contribution in [0.5, 0.6) is 0 Å². The number of halogens is 11. The minimum Gasteiger partial charge on any atom is -0.380 e. The Morgan fingerprint density at radius 3 is 1.40 bits per heavy atom. The molecular weight excluding hydrogens is 1900 g/mol. The van der Waals surface area contributed by atoms with Crippen molar-refractivity contribution < 1.29 is 48.6 Å². The van der Waals surface area contributed by atoms with Gasteiger partial charge in [-0.25, -0.2) is 17.6 Å². The fourth-order valence-corrected chi connectivity index (χ4v) is 21.1. The predicted octanol–water partition coefficient (Wildman–Crippen LogP) is 39.8. The van der Waals surface area contributed by atoms with Gasteiger partial charge in [0.1, 0.15) is 23.3 Å². The molecule has 1 nitrogen and oxygen atoms in total. The summed E-state index contributed by atoms with van der Waals surface area (Å²) in [6, 6.07) is 131. The Kier molecular flexibility index (Phi) is 31.1. The molecule has 1 aliphatic rings. The van der Waals surface area contributed by atoms with Gasteiger partial charge in [0.2, 0.25) is 0 Å². The molecule has 741 valence electrons. The van der Waals surface area contributed by atoms with E-state index in [1.807, 2.05) is 170 Å². The summed E-state index contributed by atoms with van der Waals surface area (Å²) in [6.45, 7) is 11.1. The fraction of sp³-hybridized carbons (Fsp3) is 0.116. The molecule has 0 N–H and O–H groups in total. The lowest BCUT2D eigenvalue weighted by molar-refractivity contribution is -0.143. The molecule has 18 aromatic carbocycles. The van der Waals surface area contributed by atoms with Crippen molar-refractivity contribution in [2.24, 2.45) is 5.92 Å². The molecule has 0 saturated heterocycles. The molecule has 0 bridgehead atoms. The van der Waals surface area contributed by atoms with Crippen LogP contribution in [-0.4, -0.2) is 7.11 Å². The van der Waals surface area contributed by atoms with Gasteiger partial charge in [-0.2, -0.15) is 26.3 Å². The largest absolute Gasteiger partial charge is 0.416 e. The van der Waals surface area contributed by atoms with E-state index in [0.717, 1.165) is 121 Å². The third-order valence-corrected chi connectivity index (χ3v) is 28.7. The number of benzene rings is 18. The molecule has 1 aliphatic carbocycles. The first-order valence-corrected chi connectivity index (χ1v) is 50.8. The molecule has 2 atom stereocenters. The summed E-state index contributed by atoms with van der Waals surface area (Å²) in [7, 11) is 1.66. The van der Waals surface area contributed by atoms with Crippen LogP contribution in [0.1, 0.15) is 159 Å². The molecule has 0 saturated carbocycles. The molecule has 0 amide bonds. The normalized spacial score (nSPS) is 14.1. The topological polar surface area (TPSA) is 9.23 Å². The zero-order chi connectivity index (χ0) is 104. The summed E-state index contributed by atoms with van der Waals surface area (Å²) in [5, 5.41) is 0.553. The average Bonchev–Trinajstić information content (AvgIpc) is 0.672. The first kappa shape index (κ1) is 102. The van der Waals surface area contributed by atoms with Crippen molar-refractivity contribution in [1.82, 2.24) is 0 Å². The lowest BCUT2D eigenvalue weighted by Gasteiger charge is -2.54. The number of ether oxygens (including phenoxy) is 1. The summed E-state index contributed by atoms with van der Waals surface area (Å²) in [5.41, 5.74) is 18.1. The minimum atomic E-state index is -5.20. The molecule has 12 heteroatoms. The first-order chi connectivity index (χ1) is 72.8. The van der Waals surface area contributed by atoms with E-state index in [1.54, 1.807) is 67.8 Å². The van der Waals surface area contributed by atoms with Crippen molar-refractivity contribution in [1.29, 1.82) is 0 Å². The maximum Gasteiger partial charge on any atom is 0.416 e. The molecule has 150 heavy (non-hydrogen) atoms. The molecule has 0 fully saturated rings. The Bertz CT molecular complexity index is 8060. The fourth-order valence-electron chi connectivity index (χ4n) is 21.0. The van der Waals surface area contributed by atoms with Gasteiger partial charge in [-0.1, -0.05) is 453 Å². The number of allylic oxidation sites excluding steroid dienone is 6. The zero-order valence-electron chi connectivity index (χ0n) is 83.3. The molecule has 0 aromatic heterocycles. The maximum absolute atomic E-state index is 20.9. The van der Waals surface area contributed by atoms with E-state index >= 15 is 43.9 Å². The van der Waals surface area contributed by atoms with E-state index < -0.39 is 63.7 Å². The highest BCUT2D eigenvalue weighted by atomic mass is 35.5. The summed E-state index contributed by atoms with van der Waals surface area (Å²) >= 11 is 6.74. The van der Waals surface area contributed by atoms with Gasteiger partial charge in [-0.3, -0.25) is 0 Å². The Labute approximate surface area is 876 Å². The Morgan fingerprint density at radius 2 is 0.827 bits per heavy atom. The number of hydrogen-bond donors (Lipinski definition) is 0. The van der Waals surface area contributed by atoms with Crippen LogP contribution in [0.3, 0.4) is 0 Å². The van der Waals surface area contributed by atoms with Gasteiger partial charge < -0.3 is 4.74 Å².